The summed E-state index contributed by atoms with van der Waals surface area (Å²) in [5.74, 6) is 0. The van der Waals surface area contributed by atoms with E-state index in [9.17, 15) is 0 Å². The van der Waals surface area contributed by atoms with Gasteiger partial charge in [-0.3, -0.25) is 0 Å². The van der Waals surface area contributed by atoms with Crippen LogP contribution in [0.4, 0.5) is 68.2 Å². The summed E-state index contributed by atoms with van der Waals surface area (Å²) in [5, 5.41) is 16.2. The fourth-order valence-corrected chi connectivity index (χ4v) is 14.9. The van der Waals surface area contributed by atoms with Crippen molar-refractivity contribution in [1.29, 1.82) is 0 Å². The first-order chi connectivity index (χ1) is 39.9. The van der Waals surface area contributed by atoms with Gasteiger partial charge in [-0.25, -0.2) is 0 Å². The van der Waals surface area contributed by atoms with Crippen LogP contribution in [0.1, 0.15) is 125 Å². The number of anilines is 12. The van der Waals surface area contributed by atoms with Crippen LogP contribution in [0.25, 0.3) is 32.3 Å². The second-order valence-electron chi connectivity index (χ2n) is 26.9. The fraction of sp³-hybridized carbons (Fsp3) is 0.263. The molecule has 4 aromatic heterocycles. The van der Waals surface area contributed by atoms with E-state index in [4.69, 9.17) is 0 Å². The van der Waals surface area contributed by atoms with Crippen molar-refractivity contribution in [2.45, 2.75) is 132 Å². The minimum atomic E-state index is -0.00712. The van der Waals surface area contributed by atoms with E-state index in [-0.39, 0.29) is 21.7 Å². The van der Waals surface area contributed by atoms with Crippen LogP contribution in [0.3, 0.4) is 0 Å². The first kappa shape index (κ1) is 57.2. The van der Waals surface area contributed by atoms with E-state index < -0.39 is 0 Å². The molecule has 0 amide bonds. The normalized spacial score (nSPS) is 12.5. The Balaban J connectivity index is 1.27. The van der Waals surface area contributed by atoms with Crippen LogP contribution < -0.4 is 19.6 Å². The van der Waals surface area contributed by atoms with Crippen molar-refractivity contribution in [3.63, 3.8) is 0 Å². The third kappa shape index (κ3) is 10.3. The van der Waals surface area contributed by atoms with Crippen LogP contribution in [0.2, 0.25) is 0 Å². The maximum absolute atomic E-state index is 2.55. The lowest BCUT2D eigenvalue weighted by Crippen LogP contribution is -2.17. The van der Waals surface area contributed by atoms with Gasteiger partial charge in [-0.2, -0.15) is 0 Å². The van der Waals surface area contributed by atoms with Gasteiger partial charge < -0.3 is 19.6 Å². The zero-order valence-electron chi connectivity index (χ0n) is 51.7. The van der Waals surface area contributed by atoms with Gasteiger partial charge in [0.25, 0.3) is 0 Å². The Kier molecular flexibility index (Phi) is 14.6. The molecule has 0 N–H and O–H groups in total. The Morgan fingerprint density at radius 1 is 0.238 bits per heavy atom. The van der Waals surface area contributed by atoms with Crippen LogP contribution in [0.15, 0.2) is 179 Å². The number of hydrogen-bond donors (Lipinski definition) is 0. The highest BCUT2D eigenvalue weighted by atomic mass is 32.1. The molecule has 426 valence electrons. The minimum Gasteiger partial charge on any atom is -0.309 e. The quantitative estimate of drug-likeness (QED) is 0.113. The van der Waals surface area contributed by atoms with Crippen molar-refractivity contribution in [1.82, 2.24) is 0 Å². The fourth-order valence-electron chi connectivity index (χ4n) is 12.2. The third-order valence-electron chi connectivity index (χ3n) is 17.0. The van der Waals surface area contributed by atoms with Crippen LogP contribution in [0, 0.1) is 27.7 Å². The summed E-state index contributed by atoms with van der Waals surface area (Å²) in [6.45, 7) is 36.7. The summed E-state index contributed by atoms with van der Waals surface area (Å²) in [6, 6.07) is 61.4. The standard InChI is InChI=1S/C76H78N4S4/c1-47-63(37-41-81-47)77(55-25-17-51(18-26-55)73(5,6)7)67-45-68(78(64-38-42-82-48(64)2)56-27-19-52(20-28-56)74(8,9)10)60-35-36-62-70(80(66-40-44-84-50(66)4)58-31-23-54(24-32-58)76(14,15)16)46-69(61-34-33-59(67)71(60)72(61)62)79(65-39-43-83-49(65)3)57-29-21-53(22-30-57)75(11,12)13/h17-46H,1-16H3. The van der Waals surface area contributed by atoms with Gasteiger partial charge in [0.15, 0.2) is 0 Å². The van der Waals surface area contributed by atoms with Gasteiger partial charge in [0.1, 0.15) is 0 Å². The van der Waals surface area contributed by atoms with E-state index in [0.29, 0.717) is 0 Å². The van der Waals surface area contributed by atoms with Gasteiger partial charge in [-0.15, -0.1) is 45.3 Å². The zero-order chi connectivity index (χ0) is 59.4. The first-order valence-corrected chi connectivity index (χ1v) is 33.0. The van der Waals surface area contributed by atoms with Crippen LogP contribution in [-0.2, 0) is 21.7 Å². The van der Waals surface area contributed by atoms with Gasteiger partial charge in [0, 0.05) is 74.6 Å². The average Bonchev–Trinajstić information content (AvgIpc) is 0.929. The summed E-state index contributed by atoms with van der Waals surface area (Å²) in [7, 11) is 0. The SMILES string of the molecule is Cc1sccc1N(c1ccc(C(C)(C)C)cc1)c1cc(N(c2ccc(C(C)(C)C)cc2)c2ccsc2C)c2ccc3c(N(c4ccc(C(C)(C)C)cc4)c4ccsc4C)cc(N(c4ccc(C(C)(C)C)cc4)c4ccsc4C)c4ccc1c2c43. The summed E-state index contributed by atoms with van der Waals surface area (Å²) in [4.78, 5) is 15.2. The molecule has 0 saturated heterocycles. The topological polar surface area (TPSA) is 13.0 Å². The smallest absolute Gasteiger partial charge is 0.0598 e. The largest absolute Gasteiger partial charge is 0.309 e. The number of aryl methyl sites for hydroxylation is 4. The lowest BCUT2D eigenvalue weighted by molar-refractivity contribution is 0.590. The summed E-state index contributed by atoms with van der Waals surface area (Å²) < 4.78 is 0. The molecule has 0 fully saturated rings. The number of rotatable bonds is 12. The van der Waals surface area contributed by atoms with Gasteiger partial charge >= 0.3 is 0 Å². The number of hydrogen-bond acceptors (Lipinski definition) is 8. The Labute approximate surface area is 515 Å². The van der Waals surface area contributed by atoms with Crippen molar-refractivity contribution in [3.05, 3.63) is 221 Å². The first-order valence-electron chi connectivity index (χ1n) is 29.4. The molecule has 0 radical (unpaired) electrons. The molecule has 4 heterocycles. The maximum atomic E-state index is 2.55. The molecular weight excluding hydrogens is 1100 g/mol. The Morgan fingerprint density at radius 3 is 0.583 bits per heavy atom. The Morgan fingerprint density at radius 2 is 0.429 bits per heavy atom. The van der Waals surface area contributed by atoms with Crippen LogP contribution in [-0.4, -0.2) is 0 Å². The molecular formula is C76H78N4S4. The van der Waals surface area contributed by atoms with E-state index in [1.54, 1.807) is 45.3 Å². The second kappa shape index (κ2) is 21.4. The van der Waals surface area contributed by atoms with Crippen molar-refractivity contribution in [3.8, 4) is 0 Å². The van der Waals surface area contributed by atoms with E-state index in [0.717, 1.165) is 45.5 Å². The molecule has 0 spiro atoms. The monoisotopic (exact) mass is 1170 g/mol. The number of thiophene rings is 4. The molecule has 0 aliphatic carbocycles. The molecule has 0 aliphatic heterocycles. The molecule has 84 heavy (non-hydrogen) atoms. The van der Waals surface area contributed by atoms with Crippen molar-refractivity contribution < 1.29 is 0 Å². The summed E-state index contributed by atoms with van der Waals surface area (Å²) >= 11 is 7.21. The molecule has 0 unspecified atom stereocenters. The molecule has 4 nitrogen and oxygen atoms in total. The molecule has 12 rings (SSSR count). The molecule has 12 aromatic rings. The van der Waals surface area contributed by atoms with Gasteiger partial charge in [0.05, 0.1) is 45.5 Å². The second-order valence-corrected chi connectivity index (χ2v) is 31.4. The van der Waals surface area contributed by atoms with Crippen molar-refractivity contribution >= 4 is 146 Å². The van der Waals surface area contributed by atoms with Gasteiger partial charge in [-0.05, 0) is 178 Å². The van der Waals surface area contributed by atoms with E-state index in [1.807, 2.05) is 0 Å². The maximum Gasteiger partial charge on any atom is 0.0598 e. The van der Waals surface area contributed by atoms with Gasteiger partial charge in [0.2, 0.25) is 0 Å². The molecule has 8 heteroatoms. The highest BCUT2D eigenvalue weighted by molar-refractivity contribution is 7.11. The lowest BCUT2D eigenvalue weighted by Gasteiger charge is -2.35. The summed E-state index contributed by atoms with van der Waals surface area (Å²) in [5.41, 5.74) is 18.9. The minimum absolute atomic E-state index is 0.00712. The Hall–Kier alpha value is -7.20. The molecule has 8 aromatic carbocycles. The Bertz CT molecular complexity index is 3780. The highest BCUT2D eigenvalue weighted by Crippen LogP contribution is 2.57. The highest BCUT2D eigenvalue weighted by Gasteiger charge is 2.32. The van der Waals surface area contributed by atoms with E-state index >= 15 is 0 Å². The zero-order valence-corrected chi connectivity index (χ0v) is 55.0. The van der Waals surface area contributed by atoms with Gasteiger partial charge in [-0.1, -0.05) is 156 Å². The predicted molar refractivity (Wildman–Crippen MR) is 374 cm³/mol. The predicted octanol–water partition coefficient (Wildman–Crippen LogP) is 25.1. The third-order valence-corrected chi connectivity index (χ3v) is 20.4. The molecule has 0 bridgehead atoms. The lowest BCUT2D eigenvalue weighted by atomic mass is 9.86. The van der Waals surface area contributed by atoms with E-state index in [2.05, 4.69) is 310 Å². The van der Waals surface area contributed by atoms with Crippen LogP contribution in [0.5, 0.6) is 0 Å². The molecule has 0 atom stereocenters. The van der Waals surface area contributed by atoms with E-state index in [1.165, 1.54) is 96.8 Å². The molecule has 0 saturated carbocycles. The van der Waals surface area contributed by atoms with Crippen LogP contribution >= 0.6 is 45.3 Å². The number of benzene rings is 8. The number of nitrogens with zero attached hydrogens (tertiary/aromatic N) is 4. The molecule has 0 aliphatic rings. The average molecular weight is 1180 g/mol. The summed E-state index contributed by atoms with van der Waals surface area (Å²) in [6.07, 6.45) is 0. The van der Waals surface area contributed by atoms with Crippen molar-refractivity contribution in [2.24, 2.45) is 0 Å². The van der Waals surface area contributed by atoms with Crippen molar-refractivity contribution in [2.75, 3.05) is 19.6 Å².